The monoisotopic (exact) mass is 696 g/mol. The van der Waals surface area contributed by atoms with Gasteiger partial charge >= 0.3 is 0 Å². The minimum Gasteiger partial charge on any atom is -0.457 e. The number of halogens is 1. The molecule has 0 aliphatic heterocycles. The highest BCUT2D eigenvalue weighted by atomic mass is 19.1. The van der Waals surface area contributed by atoms with Crippen LogP contribution in [0.5, 0.6) is 11.5 Å². The second-order valence-corrected chi connectivity index (χ2v) is 16.2. The molecule has 52 heavy (non-hydrogen) atoms. The quantitative estimate of drug-likeness (QED) is 0.134. The summed E-state index contributed by atoms with van der Waals surface area (Å²) in [6.45, 7) is 20.8. The summed E-state index contributed by atoms with van der Waals surface area (Å²) in [5, 5.41) is 7.60. The molecule has 5 nitrogen and oxygen atoms in total. The number of allylic oxidation sites excluding steroid dienone is 2. The van der Waals surface area contributed by atoms with Crippen molar-refractivity contribution in [2.75, 3.05) is 0 Å². The van der Waals surface area contributed by atoms with Crippen molar-refractivity contribution >= 4 is 21.8 Å². The van der Waals surface area contributed by atoms with Gasteiger partial charge in [-0.05, 0) is 97.7 Å². The van der Waals surface area contributed by atoms with Crippen molar-refractivity contribution < 1.29 is 9.13 Å². The van der Waals surface area contributed by atoms with Crippen molar-refractivity contribution in [3.05, 3.63) is 119 Å². The molecule has 1 aliphatic rings. The van der Waals surface area contributed by atoms with Crippen molar-refractivity contribution in [3.8, 4) is 23.0 Å². The van der Waals surface area contributed by atoms with Crippen LogP contribution in [0, 0.1) is 23.6 Å². The van der Waals surface area contributed by atoms with Gasteiger partial charge in [-0.1, -0.05) is 85.2 Å². The maximum Gasteiger partial charge on any atom is 0.140 e. The lowest BCUT2D eigenvalue weighted by molar-refractivity contribution is 0.388. The molecule has 6 heteroatoms. The van der Waals surface area contributed by atoms with Crippen LogP contribution in [0.15, 0.2) is 90.6 Å². The minimum atomic E-state index is -0.323. The molecule has 3 aromatic carbocycles. The van der Waals surface area contributed by atoms with Gasteiger partial charge in [0, 0.05) is 46.6 Å². The number of hydrogen-bond donors (Lipinski definition) is 0. The zero-order valence-electron chi connectivity index (χ0n) is 32.2. The van der Waals surface area contributed by atoms with Crippen LogP contribution < -0.4 is 4.74 Å². The molecule has 0 bridgehead atoms. The van der Waals surface area contributed by atoms with Gasteiger partial charge < -0.3 is 4.74 Å². The third-order valence-corrected chi connectivity index (χ3v) is 10.8. The Bertz CT molecular complexity index is 2270. The van der Waals surface area contributed by atoms with Crippen LogP contribution in [0.4, 0.5) is 4.39 Å². The van der Waals surface area contributed by atoms with E-state index in [1.165, 1.54) is 52.8 Å². The molecular formula is C46H53FN4O. The van der Waals surface area contributed by atoms with E-state index in [0.717, 1.165) is 46.1 Å². The molecule has 3 heterocycles. The van der Waals surface area contributed by atoms with Gasteiger partial charge in [-0.3, -0.25) is 4.57 Å². The summed E-state index contributed by atoms with van der Waals surface area (Å²) in [7, 11) is 0. The number of benzene rings is 3. The van der Waals surface area contributed by atoms with E-state index < -0.39 is 0 Å². The number of aromatic nitrogens is 4. The predicted octanol–water partition coefficient (Wildman–Crippen LogP) is 12.8. The van der Waals surface area contributed by atoms with E-state index in [1.807, 2.05) is 28.8 Å². The van der Waals surface area contributed by atoms with Crippen LogP contribution in [0.25, 0.3) is 33.3 Å². The lowest BCUT2D eigenvalue weighted by Crippen LogP contribution is -2.21. The van der Waals surface area contributed by atoms with Crippen LogP contribution in [0.2, 0.25) is 0 Å². The summed E-state index contributed by atoms with van der Waals surface area (Å²) in [6.07, 6.45) is 7.20. The first-order valence-electron chi connectivity index (χ1n) is 19.2. The average Bonchev–Trinajstić information content (AvgIpc) is 3.64. The molecule has 0 spiro atoms. The topological polar surface area (TPSA) is 44.9 Å². The van der Waals surface area contributed by atoms with Crippen molar-refractivity contribution in [1.29, 1.82) is 0 Å². The number of aryl methyl sites for hydroxylation is 1. The second-order valence-electron chi connectivity index (χ2n) is 16.2. The number of rotatable bonds is 10. The number of para-hydroxylation sites is 1. The Kier molecular flexibility index (Phi) is 9.86. The van der Waals surface area contributed by atoms with Crippen LogP contribution in [0.1, 0.15) is 115 Å². The number of pyridine rings is 1. The zero-order valence-corrected chi connectivity index (χ0v) is 32.2. The first-order chi connectivity index (χ1) is 24.9. The summed E-state index contributed by atoms with van der Waals surface area (Å²) in [5.74, 6) is 4.32. The Morgan fingerprint density at radius 1 is 0.846 bits per heavy atom. The maximum absolute atomic E-state index is 14.5. The molecule has 1 aliphatic carbocycles. The lowest BCUT2D eigenvalue weighted by atomic mass is 9.71. The van der Waals surface area contributed by atoms with Crippen molar-refractivity contribution in [2.24, 2.45) is 17.8 Å². The fourth-order valence-corrected chi connectivity index (χ4v) is 8.60. The lowest BCUT2D eigenvalue weighted by Gasteiger charge is -2.33. The third kappa shape index (κ3) is 6.80. The number of fused-ring (bicyclic) bond motifs is 3. The molecule has 7 rings (SSSR count). The van der Waals surface area contributed by atoms with Crippen LogP contribution >= 0.6 is 0 Å². The van der Waals surface area contributed by atoms with Gasteiger partial charge in [0.25, 0.3) is 0 Å². The minimum absolute atomic E-state index is 0.277. The summed E-state index contributed by atoms with van der Waals surface area (Å²) in [6, 6.07) is 23.9. The molecule has 0 N–H and O–H groups in total. The van der Waals surface area contributed by atoms with Gasteiger partial charge in [0.1, 0.15) is 23.1 Å². The SMILES string of the molecule is CC1=CC(C)C[C@H](C)[C@@H]1c1c(C(C)C)nn(-c2cc(CCC(C)C)cc(Oc3ccc4c5ccccc5n(-c5cc(F)ccn5)c4c3)c2)c1C(C)C. The average molecular weight is 697 g/mol. The van der Waals surface area contributed by atoms with Gasteiger partial charge in [-0.2, -0.15) is 5.10 Å². The highest BCUT2D eigenvalue weighted by molar-refractivity contribution is 6.09. The molecule has 0 amide bonds. The Labute approximate surface area is 308 Å². The smallest absolute Gasteiger partial charge is 0.140 e. The molecule has 1 unspecified atom stereocenters. The predicted molar refractivity (Wildman–Crippen MR) is 213 cm³/mol. The molecule has 3 atom stereocenters. The van der Waals surface area contributed by atoms with E-state index in [0.29, 0.717) is 41.2 Å². The fourth-order valence-electron chi connectivity index (χ4n) is 8.60. The fraction of sp³-hybridized carbons (Fsp3) is 0.391. The molecule has 0 radical (unpaired) electrons. The molecule has 3 aromatic heterocycles. The van der Waals surface area contributed by atoms with Crippen molar-refractivity contribution in [1.82, 2.24) is 19.3 Å². The number of hydrogen-bond acceptors (Lipinski definition) is 3. The molecule has 0 saturated carbocycles. The van der Waals surface area contributed by atoms with E-state index in [-0.39, 0.29) is 11.7 Å². The van der Waals surface area contributed by atoms with E-state index in [9.17, 15) is 4.39 Å². The Hall–Kier alpha value is -4.71. The first-order valence-corrected chi connectivity index (χ1v) is 19.2. The number of nitrogens with zero attached hydrogens (tertiary/aromatic N) is 4. The molecule has 0 fully saturated rings. The zero-order chi connectivity index (χ0) is 36.8. The second kappa shape index (κ2) is 14.4. The Morgan fingerprint density at radius 3 is 2.33 bits per heavy atom. The Morgan fingerprint density at radius 2 is 1.62 bits per heavy atom. The van der Waals surface area contributed by atoms with Gasteiger partial charge in [0.15, 0.2) is 0 Å². The van der Waals surface area contributed by atoms with Crippen LogP contribution in [-0.2, 0) is 6.42 Å². The van der Waals surface area contributed by atoms with Gasteiger partial charge in [0.2, 0.25) is 0 Å². The standard InChI is InChI=1S/C46H53FN4O/c1-27(2)14-15-33-22-35(51-46(29(5)6)44(45(49-51)28(3)4)43-31(8)20-30(7)21-32(43)9)25-37(23-33)52-36-16-17-39-38-12-10-11-13-40(38)50(41(39)26-36)42-24-34(47)18-19-48-42/h10-13,16-20,22-30,32,43H,14-15,21H2,1-9H3/t30?,32-,43+/m0/s1. The normalized spacial score (nSPS) is 17.9. The summed E-state index contributed by atoms with van der Waals surface area (Å²) >= 11 is 0. The third-order valence-electron chi connectivity index (χ3n) is 10.8. The highest BCUT2D eigenvalue weighted by Crippen LogP contribution is 2.46. The highest BCUT2D eigenvalue weighted by Gasteiger charge is 2.35. The molecular weight excluding hydrogens is 644 g/mol. The van der Waals surface area contributed by atoms with Crippen LogP contribution in [-0.4, -0.2) is 19.3 Å². The van der Waals surface area contributed by atoms with Crippen molar-refractivity contribution in [2.45, 2.75) is 99.3 Å². The van der Waals surface area contributed by atoms with Gasteiger partial charge in [0.05, 0.1) is 28.1 Å². The van der Waals surface area contributed by atoms with Gasteiger partial charge in [-0.25, -0.2) is 14.1 Å². The summed E-state index contributed by atoms with van der Waals surface area (Å²) < 4.78 is 25.5. The van der Waals surface area contributed by atoms with Crippen LogP contribution in [0.3, 0.4) is 0 Å². The van der Waals surface area contributed by atoms with E-state index in [2.05, 4.69) is 114 Å². The Balaban J connectivity index is 1.37. The number of ether oxygens (including phenoxy) is 1. The van der Waals surface area contributed by atoms with Gasteiger partial charge in [-0.15, -0.1) is 0 Å². The van der Waals surface area contributed by atoms with E-state index >= 15 is 0 Å². The largest absolute Gasteiger partial charge is 0.457 e. The van der Waals surface area contributed by atoms with Crippen molar-refractivity contribution in [3.63, 3.8) is 0 Å². The molecule has 270 valence electrons. The molecule has 6 aromatic rings. The van der Waals surface area contributed by atoms with E-state index in [1.54, 1.807) is 0 Å². The van der Waals surface area contributed by atoms with E-state index in [4.69, 9.17) is 9.84 Å². The summed E-state index contributed by atoms with van der Waals surface area (Å²) in [5.41, 5.74) is 9.51. The molecule has 0 saturated heterocycles. The summed E-state index contributed by atoms with van der Waals surface area (Å²) in [4.78, 5) is 4.55. The maximum atomic E-state index is 14.5. The first kappa shape index (κ1) is 35.7.